The van der Waals surface area contributed by atoms with E-state index in [1.165, 1.54) is 18.4 Å². The van der Waals surface area contributed by atoms with Crippen LogP contribution in [0, 0.1) is 10.1 Å². The van der Waals surface area contributed by atoms with Crippen LogP contribution in [-0.2, 0) is 7.05 Å². The van der Waals surface area contributed by atoms with E-state index in [4.69, 9.17) is 11.6 Å². The molecule has 2 aromatic rings. The monoisotopic (exact) mass is 330 g/mol. The average Bonchev–Trinajstić information content (AvgIpc) is 3.01. The van der Waals surface area contributed by atoms with Crippen molar-refractivity contribution in [2.45, 2.75) is 6.10 Å². The maximum atomic E-state index is 12.0. The first kappa shape index (κ1) is 15.4. The van der Waals surface area contributed by atoms with E-state index >= 15 is 0 Å². The molecule has 0 aromatic carbocycles. The van der Waals surface area contributed by atoms with Crippen molar-refractivity contribution in [3.63, 3.8) is 0 Å². The first-order valence-corrected chi connectivity index (χ1v) is 6.97. The number of rotatable bonds is 5. The standard InChI is InChI=1S/C11H11ClN4O4S/c1-15-10(6(4-14-15)16(19)20)11(18)13-5-7(17)8-2-3-9(12)21-8/h2-4,7,17H,5H2,1H3,(H,13,18). The van der Waals surface area contributed by atoms with Crippen LogP contribution >= 0.6 is 22.9 Å². The normalized spacial score (nSPS) is 12.1. The van der Waals surface area contributed by atoms with E-state index in [9.17, 15) is 20.0 Å². The van der Waals surface area contributed by atoms with Crippen molar-refractivity contribution in [3.05, 3.63) is 43.4 Å². The number of thiophene rings is 1. The minimum absolute atomic E-state index is 0.0853. The van der Waals surface area contributed by atoms with Crippen LogP contribution in [0.5, 0.6) is 0 Å². The number of aliphatic hydroxyl groups is 1. The van der Waals surface area contributed by atoms with E-state index in [0.29, 0.717) is 9.21 Å². The summed E-state index contributed by atoms with van der Waals surface area (Å²) in [6, 6.07) is 3.29. The SMILES string of the molecule is Cn1ncc([N+](=O)[O-])c1C(=O)NCC(O)c1ccc(Cl)s1. The molecule has 2 heterocycles. The van der Waals surface area contributed by atoms with Crippen LogP contribution < -0.4 is 5.32 Å². The molecule has 2 rings (SSSR count). The van der Waals surface area contributed by atoms with Crippen molar-refractivity contribution in [2.75, 3.05) is 6.54 Å². The molecule has 0 aliphatic heterocycles. The van der Waals surface area contributed by atoms with E-state index in [1.54, 1.807) is 12.1 Å². The maximum absolute atomic E-state index is 12.0. The number of halogens is 1. The zero-order chi connectivity index (χ0) is 15.6. The predicted molar refractivity (Wildman–Crippen MR) is 76.5 cm³/mol. The molecular formula is C11H11ClN4O4S. The smallest absolute Gasteiger partial charge is 0.320 e. The minimum Gasteiger partial charge on any atom is -0.386 e. The topological polar surface area (TPSA) is 110 Å². The van der Waals surface area contributed by atoms with Gasteiger partial charge in [0.05, 0.1) is 9.26 Å². The average molecular weight is 331 g/mol. The number of hydrogen-bond acceptors (Lipinski definition) is 6. The summed E-state index contributed by atoms with van der Waals surface area (Å²) in [7, 11) is 1.43. The van der Waals surface area contributed by atoms with Crippen molar-refractivity contribution in [3.8, 4) is 0 Å². The van der Waals surface area contributed by atoms with E-state index in [-0.39, 0.29) is 17.9 Å². The van der Waals surface area contributed by atoms with Gasteiger partial charge in [0.15, 0.2) is 0 Å². The van der Waals surface area contributed by atoms with Crippen LogP contribution in [0.3, 0.4) is 0 Å². The molecule has 1 amide bonds. The van der Waals surface area contributed by atoms with E-state index < -0.39 is 16.9 Å². The Kier molecular flexibility index (Phi) is 4.56. The predicted octanol–water partition coefficient (Wildman–Crippen LogP) is 1.51. The lowest BCUT2D eigenvalue weighted by Gasteiger charge is -2.10. The number of hydrogen-bond donors (Lipinski definition) is 2. The number of nitro groups is 1. The molecule has 1 unspecified atom stereocenters. The number of nitrogens with one attached hydrogen (secondary N) is 1. The van der Waals surface area contributed by atoms with Gasteiger partial charge in [-0.25, -0.2) is 0 Å². The zero-order valence-corrected chi connectivity index (χ0v) is 12.4. The van der Waals surface area contributed by atoms with Gasteiger partial charge >= 0.3 is 5.69 Å². The van der Waals surface area contributed by atoms with E-state index in [0.717, 1.165) is 10.9 Å². The maximum Gasteiger partial charge on any atom is 0.320 e. The number of aryl methyl sites for hydroxylation is 1. The summed E-state index contributed by atoms with van der Waals surface area (Å²) in [6.45, 7) is -0.0853. The molecule has 0 radical (unpaired) electrons. The first-order valence-electron chi connectivity index (χ1n) is 5.78. The fourth-order valence-electron chi connectivity index (χ4n) is 1.70. The molecule has 2 N–H and O–H groups in total. The quantitative estimate of drug-likeness (QED) is 0.637. The van der Waals surface area contributed by atoms with E-state index in [2.05, 4.69) is 10.4 Å². The molecule has 8 nitrogen and oxygen atoms in total. The summed E-state index contributed by atoms with van der Waals surface area (Å²) in [5.74, 6) is -0.677. The number of carbonyl (C=O) groups excluding carboxylic acids is 1. The highest BCUT2D eigenvalue weighted by molar-refractivity contribution is 7.16. The molecule has 0 aliphatic carbocycles. The van der Waals surface area contributed by atoms with Gasteiger partial charge in [0.2, 0.25) is 5.69 Å². The van der Waals surface area contributed by atoms with Crippen LogP contribution in [0.1, 0.15) is 21.5 Å². The summed E-state index contributed by atoms with van der Waals surface area (Å²) in [5, 5.41) is 26.8. The molecule has 10 heteroatoms. The molecule has 0 aliphatic rings. The Balaban J connectivity index is 2.05. The van der Waals surface area contributed by atoms with Crippen molar-refractivity contribution in [1.82, 2.24) is 15.1 Å². The largest absolute Gasteiger partial charge is 0.386 e. The fourth-order valence-corrected chi connectivity index (χ4v) is 2.75. The Morgan fingerprint density at radius 1 is 1.67 bits per heavy atom. The van der Waals surface area contributed by atoms with Crippen LogP contribution in [0.15, 0.2) is 18.3 Å². The molecule has 0 fully saturated rings. The third kappa shape index (κ3) is 3.38. The number of aliphatic hydroxyl groups excluding tert-OH is 1. The number of nitrogens with zero attached hydrogens (tertiary/aromatic N) is 3. The first-order chi connectivity index (χ1) is 9.90. The highest BCUT2D eigenvalue weighted by Crippen LogP contribution is 2.26. The van der Waals surface area contributed by atoms with Crippen LogP contribution in [0.2, 0.25) is 4.34 Å². The summed E-state index contributed by atoms with van der Waals surface area (Å²) < 4.78 is 1.64. The summed E-state index contributed by atoms with van der Waals surface area (Å²) >= 11 is 6.95. The minimum atomic E-state index is -0.932. The van der Waals surface area contributed by atoms with Gasteiger partial charge in [-0.05, 0) is 12.1 Å². The zero-order valence-electron chi connectivity index (χ0n) is 10.8. The van der Waals surface area contributed by atoms with E-state index in [1.807, 2.05) is 0 Å². The summed E-state index contributed by atoms with van der Waals surface area (Å²) in [5.41, 5.74) is -0.555. The molecule has 1 atom stereocenters. The van der Waals surface area contributed by atoms with Gasteiger partial charge in [-0.1, -0.05) is 11.6 Å². The molecule has 0 saturated heterocycles. The van der Waals surface area contributed by atoms with Crippen LogP contribution in [0.4, 0.5) is 5.69 Å². The Morgan fingerprint density at radius 3 is 2.95 bits per heavy atom. The van der Waals surface area contributed by atoms with Gasteiger partial charge in [0.25, 0.3) is 5.91 Å². The van der Waals surface area contributed by atoms with Crippen LogP contribution in [0.25, 0.3) is 0 Å². The number of carbonyl (C=O) groups is 1. The number of aromatic nitrogens is 2. The molecule has 2 aromatic heterocycles. The highest BCUT2D eigenvalue weighted by Gasteiger charge is 2.25. The Morgan fingerprint density at radius 2 is 2.38 bits per heavy atom. The van der Waals surface area contributed by atoms with Crippen molar-refractivity contribution < 1.29 is 14.8 Å². The van der Waals surface area contributed by atoms with Crippen molar-refractivity contribution in [2.24, 2.45) is 7.05 Å². The molecule has 21 heavy (non-hydrogen) atoms. The fraction of sp³-hybridized carbons (Fsp3) is 0.273. The molecular weight excluding hydrogens is 320 g/mol. The second kappa shape index (κ2) is 6.20. The van der Waals surface area contributed by atoms with Crippen LogP contribution in [-0.4, -0.2) is 32.3 Å². The number of amides is 1. The molecule has 0 saturated carbocycles. The van der Waals surface area contributed by atoms with Gasteiger partial charge in [-0.3, -0.25) is 19.6 Å². The molecule has 0 spiro atoms. The summed E-state index contributed by atoms with van der Waals surface area (Å²) in [6.07, 6.45) is 0.0726. The van der Waals surface area contributed by atoms with Gasteiger partial charge in [0, 0.05) is 18.5 Å². The van der Waals surface area contributed by atoms with Gasteiger partial charge in [0.1, 0.15) is 12.3 Å². The Labute approximate surface area is 128 Å². The second-order valence-corrected chi connectivity index (χ2v) is 5.87. The second-order valence-electron chi connectivity index (χ2n) is 4.13. The molecule has 0 bridgehead atoms. The lowest BCUT2D eigenvalue weighted by molar-refractivity contribution is -0.385. The third-order valence-electron chi connectivity index (χ3n) is 2.71. The van der Waals surface area contributed by atoms with Crippen molar-refractivity contribution in [1.29, 1.82) is 0 Å². The molecule has 112 valence electrons. The Bertz CT molecular complexity index is 684. The van der Waals surface area contributed by atoms with Crippen molar-refractivity contribution >= 4 is 34.5 Å². The Hall–Kier alpha value is -1.97. The summed E-state index contributed by atoms with van der Waals surface area (Å²) in [4.78, 5) is 22.7. The van der Waals surface area contributed by atoms with Gasteiger partial charge in [-0.15, -0.1) is 11.3 Å². The third-order valence-corrected chi connectivity index (χ3v) is 4.04. The van der Waals surface area contributed by atoms with Gasteiger partial charge in [-0.2, -0.15) is 5.10 Å². The van der Waals surface area contributed by atoms with Gasteiger partial charge < -0.3 is 10.4 Å². The highest BCUT2D eigenvalue weighted by atomic mass is 35.5. The lowest BCUT2D eigenvalue weighted by Crippen LogP contribution is -2.30. The lowest BCUT2D eigenvalue weighted by atomic mass is 10.2.